The number of benzene rings is 1. The van der Waals surface area contributed by atoms with Crippen LogP contribution in [0.3, 0.4) is 0 Å². The van der Waals surface area contributed by atoms with E-state index in [1.807, 2.05) is 70.2 Å². The number of hydrogen-bond acceptors (Lipinski definition) is 10. The fourth-order valence-electron chi connectivity index (χ4n) is 8.28. The van der Waals surface area contributed by atoms with Crippen LogP contribution < -0.4 is 24.8 Å². The summed E-state index contributed by atoms with van der Waals surface area (Å²) in [6, 6.07) is 12.4. The van der Waals surface area contributed by atoms with Crippen molar-refractivity contribution in [3.63, 3.8) is 0 Å². The number of allylic oxidation sites excluding steroid dienone is 1. The summed E-state index contributed by atoms with van der Waals surface area (Å²) in [7, 11) is -4.03. The van der Waals surface area contributed by atoms with Gasteiger partial charge in [-0.15, -0.1) is 0 Å². The summed E-state index contributed by atoms with van der Waals surface area (Å²) < 4.78 is 40.1. The molecule has 4 aliphatic rings. The number of pyridine rings is 2. The van der Waals surface area contributed by atoms with E-state index in [9.17, 15) is 32.7 Å². The number of sulfonamides is 1. The van der Waals surface area contributed by atoms with Crippen molar-refractivity contribution >= 4 is 33.8 Å². The highest BCUT2D eigenvalue weighted by Crippen LogP contribution is 2.47. The molecule has 0 spiro atoms. The summed E-state index contributed by atoms with van der Waals surface area (Å²) in [6.07, 6.45) is 7.91. The fraction of sp³-hybridized carbons (Fsp3) is 0.500. The second-order valence-electron chi connectivity index (χ2n) is 17.4. The smallest absolute Gasteiger partial charge is 0.405 e. The van der Waals surface area contributed by atoms with Gasteiger partial charge in [-0.25, -0.2) is 18.2 Å². The predicted molar refractivity (Wildman–Crippen MR) is 223 cm³/mol. The van der Waals surface area contributed by atoms with Crippen molar-refractivity contribution < 1.29 is 42.2 Å². The lowest BCUT2D eigenvalue weighted by Gasteiger charge is -2.32. The predicted octanol–water partition coefficient (Wildman–Crippen LogP) is 5.47. The first kappa shape index (κ1) is 42.6. The van der Waals surface area contributed by atoms with Crippen molar-refractivity contribution in [2.24, 2.45) is 17.8 Å². The largest absolute Gasteiger partial charge is 0.491 e. The zero-order valence-corrected chi connectivity index (χ0v) is 35.4. The van der Waals surface area contributed by atoms with Gasteiger partial charge < -0.3 is 30.1 Å². The van der Waals surface area contributed by atoms with E-state index in [-0.39, 0.29) is 31.4 Å². The Bertz CT molecular complexity index is 2250. The third-order valence-corrected chi connectivity index (χ3v) is 14.3. The standard InChI is InChI=1S/C44H54N6O9S/c1-26(2)58-32-14-12-29(13-15-32)35-20-33(21-36(46-35)30-10-8-18-45-24-30)59-34-22-37-39(51)48-44(41(53)49-60(56,57)43(5)16-17-43)23-31(44)11-7-6-9-27(3)19-28(4)38(47-42(54)55)40(52)50(37)25-34/h7-8,10-15,18,20-21,24,26-28,31,34,37-38,47H,6,9,16-17,19,22-23,25H2,1-5H3,(H,48,51)(H,49,53)(H,54,55)/b11-7-/t27-,28-,31-,34-,37+,38+,44-/m1/s1. The molecule has 15 nitrogen and oxygen atoms in total. The summed E-state index contributed by atoms with van der Waals surface area (Å²) in [4.78, 5) is 65.8. The minimum absolute atomic E-state index is 0.00214. The molecule has 2 aliphatic carbocycles. The molecule has 4 heterocycles. The van der Waals surface area contributed by atoms with Gasteiger partial charge in [0.25, 0.3) is 5.91 Å². The Morgan fingerprint density at radius 2 is 1.73 bits per heavy atom. The Hall–Kier alpha value is -5.51. The third kappa shape index (κ3) is 9.28. The summed E-state index contributed by atoms with van der Waals surface area (Å²) in [5.74, 6) is -1.77. The number of nitrogens with zero attached hydrogens (tertiary/aromatic N) is 3. The Labute approximate surface area is 350 Å². The second-order valence-corrected chi connectivity index (χ2v) is 19.6. The van der Waals surface area contributed by atoms with Gasteiger partial charge in [0.2, 0.25) is 21.8 Å². The summed E-state index contributed by atoms with van der Waals surface area (Å²) in [5.41, 5.74) is 1.12. The molecule has 4 N–H and O–H groups in total. The Balaban J connectivity index is 1.23. The molecule has 0 bridgehead atoms. The van der Waals surface area contributed by atoms with Crippen LogP contribution in [0, 0.1) is 17.8 Å². The van der Waals surface area contributed by atoms with E-state index in [0.29, 0.717) is 48.6 Å². The minimum Gasteiger partial charge on any atom is -0.491 e. The number of carboxylic acid groups (broad SMARTS) is 1. The monoisotopic (exact) mass is 842 g/mol. The molecule has 3 fully saturated rings. The van der Waals surface area contributed by atoms with Gasteiger partial charge in [-0.05, 0) is 108 Å². The normalized spacial score (nSPS) is 28.2. The molecule has 2 aliphatic heterocycles. The first-order chi connectivity index (χ1) is 28.5. The molecule has 7 atom stereocenters. The van der Waals surface area contributed by atoms with Gasteiger partial charge in [0.1, 0.15) is 35.2 Å². The number of carbonyl (C=O) groups excluding carboxylic acids is 3. The fourth-order valence-corrected chi connectivity index (χ4v) is 9.59. The molecule has 4 amide bonds. The molecule has 2 saturated carbocycles. The van der Waals surface area contributed by atoms with Gasteiger partial charge in [0.05, 0.1) is 28.8 Å². The van der Waals surface area contributed by atoms with E-state index in [2.05, 4.69) is 20.3 Å². The van der Waals surface area contributed by atoms with Crippen molar-refractivity contribution in [3.8, 4) is 34.0 Å². The maximum Gasteiger partial charge on any atom is 0.405 e. The van der Waals surface area contributed by atoms with Gasteiger partial charge in [0, 0.05) is 48.0 Å². The van der Waals surface area contributed by atoms with Crippen molar-refractivity contribution in [2.75, 3.05) is 6.54 Å². The maximum absolute atomic E-state index is 14.6. The molecule has 16 heteroatoms. The highest BCUT2D eigenvalue weighted by molar-refractivity contribution is 7.91. The van der Waals surface area contributed by atoms with Gasteiger partial charge in [-0.3, -0.25) is 24.1 Å². The van der Waals surface area contributed by atoms with Gasteiger partial charge >= 0.3 is 6.09 Å². The Kier molecular flexibility index (Phi) is 12.0. The summed E-state index contributed by atoms with van der Waals surface area (Å²) in [5, 5.41) is 15.2. The van der Waals surface area contributed by atoms with Crippen LogP contribution in [0.25, 0.3) is 22.5 Å². The molecule has 320 valence electrons. The lowest BCUT2D eigenvalue weighted by Crippen LogP contribution is -2.59. The number of rotatable bonds is 10. The Morgan fingerprint density at radius 1 is 1.02 bits per heavy atom. The highest BCUT2D eigenvalue weighted by Gasteiger charge is 2.63. The molecule has 2 aromatic heterocycles. The molecular weight excluding hydrogens is 789 g/mol. The number of fused-ring (bicyclic) bond motifs is 2. The maximum atomic E-state index is 14.6. The summed E-state index contributed by atoms with van der Waals surface area (Å²) >= 11 is 0. The Morgan fingerprint density at radius 3 is 2.38 bits per heavy atom. The summed E-state index contributed by atoms with van der Waals surface area (Å²) in [6.45, 7) is 9.25. The lowest BCUT2D eigenvalue weighted by atomic mass is 9.88. The molecule has 3 aromatic rings. The van der Waals surface area contributed by atoms with Crippen LogP contribution in [-0.2, 0) is 24.4 Å². The van der Waals surface area contributed by atoms with E-state index >= 15 is 0 Å². The number of carbonyl (C=O) groups is 4. The van der Waals surface area contributed by atoms with E-state index in [0.717, 1.165) is 17.5 Å². The topological polar surface area (TPSA) is 206 Å². The third-order valence-electron chi connectivity index (χ3n) is 12.1. The zero-order chi connectivity index (χ0) is 43.0. The number of aromatic nitrogens is 2. The van der Waals surface area contributed by atoms with Crippen LogP contribution in [0.5, 0.6) is 11.5 Å². The molecule has 1 saturated heterocycles. The first-order valence-electron chi connectivity index (χ1n) is 20.7. The average Bonchev–Trinajstić information content (AvgIpc) is 4.08. The molecule has 1 aromatic carbocycles. The van der Waals surface area contributed by atoms with Crippen LogP contribution in [-0.4, -0.2) is 93.3 Å². The highest BCUT2D eigenvalue weighted by atomic mass is 32.2. The molecule has 7 rings (SSSR count). The quantitative estimate of drug-likeness (QED) is 0.188. The molecule has 60 heavy (non-hydrogen) atoms. The minimum atomic E-state index is -4.03. The number of nitrogens with one attached hydrogen (secondary N) is 3. The van der Waals surface area contributed by atoms with Crippen molar-refractivity contribution in [1.29, 1.82) is 0 Å². The van der Waals surface area contributed by atoms with Crippen LogP contribution >= 0.6 is 0 Å². The molecular formula is C44H54N6O9S. The van der Waals surface area contributed by atoms with Crippen molar-refractivity contribution in [2.45, 2.75) is 114 Å². The zero-order valence-electron chi connectivity index (χ0n) is 34.6. The molecule has 0 radical (unpaired) electrons. The van der Waals surface area contributed by atoms with Crippen LogP contribution in [0.2, 0.25) is 0 Å². The van der Waals surface area contributed by atoms with Gasteiger partial charge in [0.15, 0.2) is 0 Å². The van der Waals surface area contributed by atoms with E-state index < -0.39 is 74.1 Å². The van der Waals surface area contributed by atoms with Gasteiger partial charge in [-0.1, -0.05) is 26.0 Å². The van der Waals surface area contributed by atoms with E-state index in [4.69, 9.17) is 14.5 Å². The lowest BCUT2D eigenvalue weighted by molar-refractivity contribution is -0.142. The van der Waals surface area contributed by atoms with Crippen LogP contribution in [0.15, 0.2) is 73.1 Å². The van der Waals surface area contributed by atoms with Crippen LogP contribution in [0.4, 0.5) is 4.79 Å². The average molecular weight is 843 g/mol. The number of amides is 4. The SMILES string of the molecule is CC(C)Oc1ccc(-c2cc(O[C@@H]3C[C@H]4C(=O)N[C@]5(C(=O)NS(=O)(=O)C6(C)CC6)C[C@H]5/C=C\CC[C@@H](C)C[C@@H](C)[C@H](NC(=O)O)C(=O)N4C3)cc(-c3cccnc3)n2)cc1. The van der Waals surface area contributed by atoms with E-state index in [1.165, 1.54) is 4.90 Å². The van der Waals surface area contributed by atoms with Crippen molar-refractivity contribution in [3.05, 3.63) is 73.1 Å². The first-order valence-corrected chi connectivity index (χ1v) is 22.2. The van der Waals surface area contributed by atoms with Crippen LogP contribution in [0.1, 0.15) is 79.6 Å². The number of hydrogen-bond donors (Lipinski definition) is 4. The second kappa shape index (κ2) is 16.9. The van der Waals surface area contributed by atoms with Crippen molar-refractivity contribution in [1.82, 2.24) is 30.2 Å². The molecule has 0 unspecified atom stereocenters. The van der Waals surface area contributed by atoms with Gasteiger partial charge in [-0.2, -0.15) is 0 Å². The van der Waals surface area contributed by atoms with E-state index in [1.54, 1.807) is 37.5 Å². The number of ether oxygens (including phenoxy) is 2.